The Labute approximate surface area is 123 Å². The number of halogens is 1. The van der Waals surface area contributed by atoms with Crippen molar-refractivity contribution in [2.45, 2.75) is 51.7 Å². The van der Waals surface area contributed by atoms with Crippen molar-refractivity contribution >= 4 is 27.3 Å². The first-order valence-electron chi connectivity index (χ1n) is 6.74. The molecule has 1 fully saturated rings. The number of hydrogen-bond donors (Lipinski definition) is 1. The summed E-state index contributed by atoms with van der Waals surface area (Å²) in [5, 5.41) is 2.15. The van der Waals surface area contributed by atoms with E-state index in [1.54, 1.807) is 0 Å². The second-order valence-electron chi connectivity index (χ2n) is 5.71. The average molecular weight is 331 g/mol. The Morgan fingerprint density at radius 1 is 1.44 bits per heavy atom. The summed E-state index contributed by atoms with van der Waals surface area (Å²) in [6, 6.07) is 3.28. The summed E-state index contributed by atoms with van der Waals surface area (Å²) < 4.78 is 1.17. The van der Waals surface area contributed by atoms with Crippen LogP contribution in [0.4, 0.5) is 0 Å². The summed E-state index contributed by atoms with van der Waals surface area (Å²) in [6.07, 6.45) is 2.78. The topological polar surface area (TPSA) is 29.3 Å². The standard InChI is InChI=1S/C14H23BrN2S/c1-9(2)17(7-11-4-5-11)14(10(3)16)13-6-12(15)8-18-13/h6,8-11,14H,4-5,7,16H2,1-3H3. The zero-order chi connectivity index (χ0) is 13.3. The molecule has 2 N–H and O–H groups in total. The van der Waals surface area contributed by atoms with Gasteiger partial charge in [0.05, 0.1) is 6.04 Å². The van der Waals surface area contributed by atoms with Crippen LogP contribution in [0.3, 0.4) is 0 Å². The Bertz CT molecular complexity index is 385. The van der Waals surface area contributed by atoms with Crippen LogP contribution in [0.15, 0.2) is 15.9 Å². The first-order chi connectivity index (χ1) is 8.49. The molecule has 18 heavy (non-hydrogen) atoms. The molecule has 4 heteroatoms. The fraction of sp³-hybridized carbons (Fsp3) is 0.714. The molecule has 1 saturated carbocycles. The third-order valence-electron chi connectivity index (χ3n) is 3.56. The highest BCUT2D eigenvalue weighted by Gasteiger charge is 2.32. The molecule has 0 aliphatic heterocycles. The molecule has 2 rings (SSSR count). The number of nitrogens with zero attached hydrogens (tertiary/aromatic N) is 1. The van der Waals surface area contributed by atoms with Crippen molar-refractivity contribution in [2.24, 2.45) is 11.7 Å². The van der Waals surface area contributed by atoms with Gasteiger partial charge in [-0.2, -0.15) is 0 Å². The second kappa shape index (κ2) is 6.04. The highest BCUT2D eigenvalue weighted by molar-refractivity contribution is 9.10. The zero-order valence-electron chi connectivity index (χ0n) is 11.4. The maximum Gasteiger partial charge on any atom is 0.0593 e. The highest BCUT2D eigenvalue weighted by atomic mass is 79.9. The maximum atomic E-state index is 6.26. The van der Waals surface area contributed by atoms with E-state index in [4.69, 9.17) is 5.73 Å². The summed E-state index contributed by atoms with van der Waals surface area (Å²) in [4.78, 5) is 3.96. The molecular weight excluding hydrogens is 308 g/mol. The minimum absolute atomic E-state index is 0.164. The van der Waals surface area contributed by atoms with Crippen molar-refractivity contribution in [1.82, 2.24) is 4.90 Å². The fourth-order valence-electron chi connectivity index (χ4n) is 2.45. The Hall–Kier alpha value is 0.1000. The quantitative estimate of drug-likeness (QED) is 0.853. The lowest BCUT2D eigenvalue weighted by atomic mass is 10.0. The van der Waals surface area contributed by atoms with Gasteiger partial charge in [-0.1, -0.05) is 0 Å². The summed E-state index contributed by atoms with van der Waals surface area (Å²) in [5.41, 5.74) is 6.26. The van der Waals surface area contributed by atoms with E-state index < -0.39 is 0 Å². The molecule has 1 aliphatic carbocycles. The van der Waals surface area contributed by atoms with E-state index in [0.29, 0.717) is 12.1 Å². The number of hydrogen-bond acceptors (Lipinski definition) is 3. The van der Waals surface area contributed by atoms with Crippen molar-refractivity contribution in [3.8, 4) is 0 Å². The van der Waals surface area contributed by atoms with E-state index in [9.17, 15) is 0 Å². The van der Waals surface area contributed by atoms with Crippen LogP contribution in [0.5, 0.6) is 0 Å². The molecule has 2 atom stereocenters. The van der Waals surface area contributed by atoms with Gasteiger partial charge in [0.25, 0.3) is 0 Å². The van der Waals surface area contributed by atoms with Crippen molar-refractivity contribution in [3.63, 3.8) is 0 Å². The van der Waals surface area contributed by atoms with E-state index >= 15 is 0 Å². The number of rotatable bonds is 6. The largest absolute Gasteiger partial charge is 0.326 e. The van der Waals surface area contributed by atoms with Crippen LogP contribution < -0.4 is 5.73 Å². The van der Waals surface area contributed by atoms with Gasteiger partial charge in [-0.25, -0.2) is 0 Å². The van der Waals surface area contributed by atoms with Gasteiger partial charge >= 0.3 is 0 Å². The van der Waals surface area contributed by atoms with Crippen molar-refractivity contribution in [2.75, 3.05) is 6.54 Å². The molecule has 102 valence electrons. The van der Waals surface area contributed by atoms with Gasteiger partial charge < -0.3 is 5.73 Å². The van der Waals surface area contributed by atoms with E-state index in [2.05, 4.69) is 53.0 Å². The minimum Gasteiger partial charge on any atom is -0.326 e. The average Bonchev–Trinajstić information content (AvgIpc) is 2.99. The fourth-order valence-corrected chi connectivity index (χ4v) is 4.13. The summed E-state index contributed by atoms with van der Waals surface area (Å²) >= 11 is 5.36. The van der Waals surface area contributed by atoms with Gasteiger partial charge in [0.1, 0.15) is 0 Å². The second-order valence-corrected chi connectivity index (χ2v) is 7.56. The van der Waals surface area contributed by atoms with E-state index in [0.717, 1.165) is 5.92 Å². The van der Waals surface area contributed by atoms with E-state index in [1.165, 1.54) is 28.7 Å². The minimum atomic E-state index is 0.164. The van der Waals surface area contributed by atoms with Gasteiger partial charge in [0.15, 0.2) is 0 Å². The zero-order valence-corrected chi connectivity index (χ0v) is 13.8. The van der Waals surface area contributed by atoms with Crippen molar-refractivity contribution < 1.29 is 0 Å². The van der Waals surface area contributed by atoms with E-state index in [1.807, 2.05) is 11.3 Å². The van der Waals surface area contributed by atoms with Gasteiger partial charge in [-0.05, 0) is 61.5 Å². The smallest absolute Gasteiger partial charge is 0.0593 e. The Morgan fingerprint density at radius 3 is 2.50 bits per heavy atom. The molecule has 0 aromatic carbocycles. The molecule has 1 aromatic rings. The molecular formula is C14H23BrN2S. The van der Waals surface area contributed by atoms with E-state index in [-0.39, 0.29) is 6.04 Å². The Morgan fingerprint density at radius 2 is 2.11 bits per heavy atom. The molecule has 1 aliphatic rings. The molecule has 0 spiro atoms. The predicted molar refractivity (Wildman–Crippen MR) is 83.0 cm³/mol. The lowest BCUT2D eigenvalue weighted by Crippen LogP contribution is -2.43. The molecule has 1 heterocycles. The van der Waals surface area contributed by atoms with Crippen LogP contribution in [0.1, 0.15) is 44.5 Å². The SMILES string of the molecule is CC(N)C(c1cc(Br)cs1)N(CC1CC1)C(C)C. The maximum absolute atomic E-state index is 6.26. The van der Waals surface area contributed by atoms with Gasteiger partial charge in [-0.3, -0.25) is 4.90 Å². The summed E-state index contributed by atoms with van der Waals surface area (Å²) in [7, 11) is 0. The Kier molecular flexibility index (Phi) is 4.86. The van der Waals surface area contributed by atoms with Gasteiger partial charge in [0.2, 0.25) is 0 Å². The lowest BCUT2D eigenvalue weighted by Gasteiger charge is -2.37. The van der Waals surface area contributed by atoms with Crippen LogP contribution >= 0.6 is 27.3 Å². The van der Waals surface area contributed by atoms with Crippen LogP contribution in [-0.2, 0) is 0 Å². The normalized spacial score (nSPS) is 19.5. The predicted octanol–water partition coefficient (Wildman–Crippen LogP) is 4.02. The van der Waals surface area contributed by atoms with Crippen molar-refractivity contribution in [1.29, 1.82) is 0 Å². The third-order valence-corrected chi connectivity index (χ3v) is 5.33. The molecule has 1 aromatic heterocycles. The van der Waals surface area contributed by atoms with Crippen LogP contribution in [-0.4, -0.2) is 23.5 Å². The van der Waals surface area contributed by atoms with Gasteiger partial charge in [-0.15, -0.1) is 11.3 Å². The first-order valence-corrected chi connectivity index (χ1v) is 8.41. The molecule has 0 bridgehead atoms. The third kappa shape index (κ3) is 3.56. The number of thiophene rings is 1. The van der Waals surface area contributed by atoms with Crippen molar-refractivity contribution in [3.05, 3.63) is 20.8 Å². The molecule has 0 saturated heterocycles. The summed E-state index contributed by atoms with van der Waals surface area (Å²) in [5.74, 6) is 0.900. The Balaban J connectivity index is 2.20. The highest BCUT2D eigenvalue weighted by Crippen LogP contribution is 2.37. The van der Waals surface area contributed by atoms with Crippen LogP contribution in [0, 0.1) is 5.92 Å². The van der Waals surface area contributed by atoms with Gasteiger partial charge in [0, 0.05) is 33.4 Å². The molecule has 2 unspecified atom stereocenters. The van der Waals surface area contributed by atoms with Crippen LogP contribution in [0.25, 0.3) is 0 Å². The molecule has 2 nitrogen and oxygen atoms in total. The lowest BCUT2D eigenvalue weighted by molar-refractivity contribution is 0.131. The first kappa shape index (κ1) is 14.5. The van der Waals surface area contributed by atoms with Crippen LogP contribution in [0.2, 0.25) is 0 Å². The summed E-state index contributed by atoms with van der Waals surface area (Å²) in [6.45, 7) is 7.88. The monoisotopic (exact) mass is 330 g/mol. The molecule has 0 amide bonds. The number of nitrogens with two attached hydrogens (primary N) is 1. The molecule has 0 radical (unpaired) electrons.